The lowest BCUT2D eigenvalue weighted by Crippen LogP contribution is -2.44. The summed E-state index contributed by atoms with van der Waals surface area (Å²) >= 11 is 0. The molecular weight excluding hydrogens is 420 g/mol. The van der Waals surface area contributed by atoms with Gasteiger partial charge in [-0.1, -0.05) is 31.2 Å². The van der Waals surface area contributed by atoms with Gasteiger partial charge in [-0.2, -0.15) is 0 Å². The molecule has 0 aromatic heterocycles. The van der Waals surface area contributed by atoms with E-state index in [4.69, 9.17) is 9.84 Å². The Bertz CT molecular complexity index is 1080. The smallest absolute Gasteiger partial charge is 0.264 e. The first-order chi connectivity index (χ1) is 15.9. The topological polar surface area (TPSA) is 90.3 Å². The maximum atomic E-state index is 13.6. The van der Waals surface area contributed by atoms with Gasteiger partial charge in [0.15, 0.2) is 5.60 Å². The molecule has 1 saturated heterocycles. The summed E-state index contributed by atoms with van der Waals surface area (Å²) in [5, 5.41) is 20.8. The van der Waals surface area contributed by atoms with Crippen molar-refractivity contribution >= 4 is 23.2 Å². The number of carbonyl (C=O) groups excluding carboxylic acids is 2. The average Bonchev–Trinajstić information content (AvgIpc) is 3.35. The summed E-state index contributed by atoms with van der Waals surface area (Å²) in [4.78, 5) is 29.2. The zero-order chi connectivity index (χ0) is 23.6. The van der Waals surface area contributed by atoms with Crippen LogP contribution in [0.25, 0.3) is 0 Å². The van der Waals surface area contributed by atoms with E-state index in [9.17, 15) is 14.7 Å². The highest BCUT2D eigenvalue weighted by atomic mass is 16.5. The summed E-state index contributed by atoms with van der Waals surface area (Å²) in [6.07, 6.45) is 5.39. The van der Waals surface area contributed by atoms with Crippen molar-refractivity contribution in [1.82, 2.24) is 0 Å². The molecule has 2 N–H and O–H groups in total. The zero-order valence-electron chi connectivity index (χ0n) is 19.0. The van der Waals surface area contributed by atoms with E-state index in [2.05, 4.69) is 0 Å². The Morgan fingerprint density at radius 3 is 2.73 bits per heavy atom. The van der Waals surface area contributed by atoms with E-state index in [1.807, 2.05) is 24.3 Å². The van der Waals surface area contributed by atoms with Crippen molar-refractivity contribution in [1.29, 1.82) is 0 Å². The van der Waals surface area contributed by atoms with Gasteiger partial charge in [-0.3, -0.25) is 9.59 Å². The SMILES string of the molecule is COc1ccc2c(c1)[C@@](O)([C@H](C)/C=C/CCO)C(=O)N2Cc1cccc(N2CCCC2=O)c1. The van der Waals surface area contributed by atoms with Crippen LogP contribution in [0.3, 0.4) is 0 Å². The van der Waals surface area contributed by atoms with Gasteiger partial charge in [0.25, 0.3) is 5.91 Å². The average molecular weight is 451 g/mol. The third-order valence-corrected chi connectivity index (χ3v) is 6.49. The fraction of sp³-hybridized carbons (Fsp3) is 0.385. The second-order valence-electron chi connectivity index (χ2n) is 8.59. The molecule has 1 fully saturated rings. The Kier molecular flexibility index (Phi) is 6.54. The van der Waals surface area contributed by atoms with Crippen LogP contribution in [0.15, 0.2) is 54.6 Å². The van der Waals surface area contributed by atoms with Gasteiger partial charge in [-0.05, 0) is 48.7 Å². The molecule has 2 heterocycles. The van der Waals surface area contributed by atoms with Crippen molar-refractivity contribution < 1.29 is 24.5 Å². The number of rotatable bonds is 8. The molecule has 0 saturated carbocycles. The van der Waals surface area contributed by atoms with Crippen molar-refractivity contribution in [2.75, 3.05) is 30.1 Å². The second kappa shape index (κ2) is 9.37. The minimum atomic E-state index is -1.75. The Balaban J connectivity index is 1.69. The molecule has 4 rings (SSSR count). The number of benzene rings is 2. The van der Waals surface area contributed by atoms with Crippen molar-refractivity contribution in [3.05, 3.63) is 65.7 Å². The number of aliphatic hydroxyl groups excluding tert-OH is 1. The molecule has 33 heavy (non-hydrogen) atoms. The summed E-state index contributed by atoms with van der Waals surface area (Å²) in [5.74, 6) is -0.252. The number of anilines is 2. The van der Waals surface area contributed by atoms with Crippen LogP contribution in [0.2, 0.25) is 0 Å². The molecule has 0 bridgehead atoms. The third kappa shape index (κ3) is 4.14. The van der Waals surface area contributed by atoms with Gasteiger partial charge in [0, 0.05) is 36.7 Å². The summed E-state index contributed by atoms with van der Waals surface area (Å²) < 4.78 is 5.35. The molecule has 2 aliphatic heterocycles. The molecule has 174 valence electrons. The van der Waals surface area contributed by atoms with E-state index in [0.717, 1.165) is 17.7 Å². The molecule has 0 unspecified atom stereocenters. The zero-order valence-corrected chi connectivity index (χ0v) is 19.0. The number of methoxy groups -OCH3 is 1. The second-order valence-corrected chi connectivity index (χ2v) is 8.59. The lowest BCUT2D eigenvalue weighted by atomic mass is 9.83. The van der Waals surface area contributed by atoms with E-state index >= 15 is 0 Å². The highest BCUT2D eigenvalue weighted by molar-refractivity contribution is 6.07. The van der Waals surface area contributed by atoms with Crippen molar-refractivity contribution in [3.8, 4) is 5.75 Å². The molecule has 7 nitrogen and oxygen atoms in total. The Hall–Kier alpha value is -3.16. The molecule has 0 radical (unpaired) electrons. The van der Waals surface area contributed by atoms with Gasteiger partial charge in [-0.25, -0.2) is 0 Å². The summed E-state index contributed by atoms with van der Waals surface area (Å²) in [6, 6.07) is 12.9. The molecule has 2 aliphatic rings. The van der Waals surface area contributed by atoms with Crippen LogP contribution in [-0.2, 0) is 21.7 Å². The predicted octanol–water partition coefficient (Wildman–Crippen LogP) is 3.13. The number of fused-ring (bicyclic) bond motifs is 1. The molecule has 2 aromatic rings. The van der Waals surface area contributed by atoms with Crippen LogP contribution < -0.4 is 14.5 Å². The molecule has 0 spiro atoms. The molecule has 0 aliphatic carbocycles. The van der Waals surface area contributed by atoms with Crippen molar-refractivity contribution in [2.24, 2.45) is 5.92 Å². The first-order valence-electron chi connectivity index (χ1n) is 11.3. The van der Waals surface area contributed by atoms with Crippen molar-refractivity contribution in [2.45, 2.75) is 38.3 Å². The third-order valence-electron chi connectivity index (χ3n) is 6.49. The van der Waals surface area contributed by atoms with E-state index < -0.39 is 17.4 Å². The van der Waals surface area contributed by atoms with Crippen LogP contribution in [0.1, 0.15) is 37.3 Å². The fourth-order valence-corrected chi connectivity index (χ4v) is 4.65. The monoisotopic (exact) mass is 450 g/mol. The van der Waals surface area contributed by atoms with Gasteiger partial charge < -0.3 is 24.7 Å². The van der Waals surface area contributed by atoms with E-state index in [1.165, 1.54) is 0 Å². The van der Waals surface area contributed by atoms with Crippen molar-refractivity contribution in [3.63, 3.8) is 0 Å². The number of ether oxygens (including phenoxy) is 1. The quantitative estimate of drug-likeness (QED) is 0.603. The van der Waals surface area contributed by atoms with Gasteiger partial charge in [0.1, 0.15) is 5.75 Å². The highest BCUT2D eigenvalue weighted by Gasteiger charge is 2.52. The van der Waals surface area contributed by atoms with E-state index in [1.54, 1.807) is 54.2 Å². The predicted molar refractivity (Wildman–Crippen MR) is 126 cm³/mol. The van der Waals surface area contributed by atoms with Gasteiger partial charge in [-0.15, -0.1) is 0 Å². The molecule has 2 aromatic carbocycles. The molecule has 7 heteroatoms. The largest absolute Gasteiger partial charge is 0.497 e. The highest BCUT2D eigenvalue weighted by Crippen LogP contribution is 2.47. The maximum absolute atomic E-state index is 13.6. The minimum absolute atomic E-state index is 0.00198. The Labute approximate surface area is 193 Å². The van der Waals surface area contributed by atoms with Gasteiger partial charge in [0.05, 0.1) is 19.3 Å². The van der Waals surface area contributed by atoms with E-state index in [-0.39, 0.29) is 19.1 Å². The standard InChI is InChI=1S/C26H30N2O5/c1-18(7-3-4-14-29)26(32)22-16-21(33-2)11-12-23(22)28(25(26)31)17-19-8-5-9-20(15-19)27-13-6-10-24(27)30/h3,5,7-9,11-12,15-16,18,29,32H,4,6,10,13-14,17H2,1-2H3/b7-3+/t18-,26+/m1/s1. The van der Waals surface area contributed by atoms with Crippen LogP contribution in [0, 0.1) is 5.92 Å². The Morgan fingerprint density at radius 2 is 2.03 bits per heavy atom. The van der Waals surface area contributed by atoms with E-state index in [0.29, 0.717) is 36.4 Å². The van der Waals surface area contributed by atoms with Crippen LogP contribution >= 0.6 is 0 Å². The first kappa shape index (κ1) is 23.0. The molecule has 2 atom stereocenters. The molecule has 2 amide bonds. The molecular formula is C26H30N2O5. The number of amides is 2. The lowest BCUT2D eigenvalue weighted by Gasteiger charge is -2.28. The fourth-order valence-electron chi connectivity index (χ4n) is 4.65. The summed E-state index contributed by atoms with van der Waals surface area (Å²) in [7, 11) is 1.55. The summed E-state index contributed by atoms with van der Waals surface area (Å²) in [5.41, 5.74) is 1.08. The van der Waals surface area contributed by atoms with Gasteiger partial charge in [0.2, 0.25) is 5.91 Å². The summed E-state index contributed by atoms with van der Waals surface area (Å²) in [6.45, 7) is 2.76. The van der Waals surface area contributed by atoms with Crippen LogP contribution in [-0.4, -0.2) is 42.3 Å². The number of hydrogen-bond donors (Lipinski definition) is 2. The number of hydrogen-bond acceptors (Lipinski definition) is 5. The van der Waals surface area contributed by atoms with Crippen LogP contribution in [0.4, 0.5) is 11.4 Å². The van der Waals surface area contributed by atoms with Gasteiger partial charge >= 0.3 is 0 Å². The number of nitrogens with zero attached hydrogens (tertiary/aromatic N) is 2. The normalized spacial score (nSPS) is 21.2. The number of carbonyl (C=O) groups is 2. The Morgan fingerprint density at radius 1 is 1.21 bits per heavy atom. The lowest BCUT2D eigenvalue weighted by molar-refractivity contribution is -0.139. The van der Waals surface area contributed by atoms with Crippen LogP contribution in [0.5, 0.6) is 5.75 Å². The minimum Gasteiger partial charge on any atom is -0.497 e. The number of aliphatic hydroxyl groups is 2. The maximum Gasteiger partial charge on any atom is 0.264 e. The first-order valence-corrected chi connectivity index (χ1v) is 11.3.